The molecule has 2 atom stereocenters. The van der Waals surface area contributed by atoms with Gasteiger partial charge in [0.2, 0.25) is 11.8 Å². The van der Waals surface area contributed by atoms with Gasteiger partial charge >= 0.3 is 0 Å². The lowest BCUT2D eigenvalue weighted by Crippen LogP contribution is -2.52. The second-order valence-electron chi connectivity index (χ2n) is 10.1. The normalized spacial score (nSPS) is 12.7. The summed E-state index contributed by atoms with van der Waals surface area (Å²) in [6.07, 6.45) is 2.65. The van der Waals surface area contributed by atoms with E-state index in [0.717, 1.165) is 26.7 Å². The zero-order valence-corrected chi connectivity index (χ0v) is 26.8. The zero-order chi connectivity index (χ0) is 30.9. The second-order valence-corrected chi connectivity index (χ2v) is 12.8. The number of amides is 2. The van der Waals surface area contributed by atoms with Crippen LogP contribution in [-0.2, 0) is 26.2 Å². The molecule has 0 spiro atoms. The monoisotopic (exact) mass is 611 g/mol. The van der Waals surface area contributed by atoms with Crippen LogP contribution in [0.2, 0.25) is 0 Å². The molecule has 1 N–H and O–H groups in total. The fourth-order valence-electron chi connectivity index (χ4n) is 4.30. The molecule has 0 aliphatic heterocycles. The Labute approximate surface area is 254 Å². The molecule has 0 fully saturated rings. The first-order valence-electron chi connectivity index (χ1n) is 14.1. The van der Waals surface area contributed by atoms with E-state index in [9.17, 15) is 18.0 Å². The maximum Gasteiger partial charge on any atom is 0.264 e. The van der Waals surface area contributed by atoms with Crippen LogP contribution in [0.25, 0.3) is 0 Å². The van der Waals surface area contributed by atoms with Gasteiger partial charge in [0, 0.05) is 17.5 Å². The Morgan fingerprint density at radius 1 is 0.952 bits per heavy atom. The van der Waals surface area contributed by atoms with E-state index in [2.05, 4.69) is 5.32 Å². The van der Waals surface area contributed by atoms with Gasteiger partial charge in [-0.3, -0.25) is 13.9 Å². The van der Waals surface area contributed by atoms with Gasteiger partial charge in [-0.05, 0) is 100 Å². The third kappa shape index (κ3) is 8.29. The molecule has 0 aliphatic rings. The van der Waals surface area contributed by atoms with Crippen molar-refractivity contribution in [3.8, 4) is 5.75 Å². The minimum Gasteiger partial charge on any atom is -0.494 e. The highest BCUT2D eigenvalue weighted by Crippen LogP contribution is 2.28. The van der Waals surface area contributed by atoms with Crippen LogP contribution in [0.4, 0.5) is 5.69 Å². The van der Waals surface area contributed by atoms with Crippen molar-refractivity contribution in [2.75, 3.05) is 23.7 Å². The number of carbonyl (C=O) groups excluding carboxylic acids is 2. The standard InChI is InChI=1S/C32H41N3O5S2/c1-7-24(4)33-32(37)25(5)34(21-26-12-10-9-11-23(26)3)31(36)22-35(27-13-15-28(16-14-27)40-8-2)42(38,39)30-19-17-29(41-6)18-20-30/h9-20,24-25H,7-8,21-22H2,1-6H3,(H,33,37)/t24-,25+/m0/s1. The van der Waals surface area contributed by atoms with E-state index in [0.29, 0.717) is 18.0 Å². The van der Waals surface area contributed by atoms with Crippen LogP contribution in [0.5, 0.6) is 5.75 Å². The first-order valence-corrected chi connectivity index (χ1v) is 16.7. The van der Waals surface area contributed by atoms with Gasteiger partial charge in [0.15, 0.2) is 0 Å². The lowest BCUT2D eigenvalue weighted by molar-refractivity contribution is -0.139. The summed E-state index contributed by atoms with van der Waals surface area (Å²) in [4.78, 5) is 29.8. The van der Waals surface area contributed by atoms with E-state index < -0.39 is 28.5 Å². The molecule has 8 nitrogen and oxygen atoms in total. The Hall–Kier alpha value is -3.50. The van der Waals surface area contributed by atoms with Crippen LogP contribution in [0.3, 0.4) is 0 Å². The largest absolute Gasteiger partial charge is 0.494 e. The van der Waals surface area contributed by atoms with Crippen molar-refractivity contribution in [1.82, 2.24) is 10.2 Å². The SMILES string of the molecule is CCOc1ccc(N(CC(=O)N(Cc2ccccc2C)[C@H](C)C(=O)N[C@@H](C)CC)S(=O)(=O)c2ccc(SC)cc2)cc1. The fraction of sp³-hybridized carbons (Fsp3) is 0.375. The number of nitrogens with zero attached hydrogens (tertiary/aromatic N) is 2. The van der Waals surface area contributed by atoms with Crippen LogP contribution >= 0.6 is 11.8 Å². The van der Waals surface area contributed by atoms with Gasteiger partial charge in [0.25, 0.3) is 10.0 Å². The van der Waals surface area contributed by atoms with E-state index in [1.165, 1.54) is 16.7 Å². The van der Waals surface area contributed by atoms with Crippen LogP contribution in [0.1, 0.15) is 45.2 Å². The quantitative estimate of drug-likeness (QED) is 0.237. The molecule has 42 heavy (non-hydrogen) atoms. The van der Waals surface area contributed by atoms with E-state index >= 15 is 0 Å². The molecule has 3 rings (SSSR count). The van der Waals surface area contributed by atoms with Crippen molar-refractivity contribution in [3.63, 3.8) is 0 Å². The number of sulfonamides is 1. The molecule has 3 aromatic carbocycles. The summed E-state index contributed by atoms with van der Waals surface area (Å²) in [5, 5.41) is 2.95. The van der Waals surface area contributed by atoms with Crippen LogP contribution in [0.15, 0.2) is 82.6 Å². The number of nitrogens with one attached hydrogen (secondary N) is 1. The van der Waals surface area contributed by atoms with Crippen LogP contribution in [-0.4, -0.2) is 56.6 Å². The highest BCUT2D eigenvalue weighted by atomic mass is 32.2. The predicted molar refractivity (Wildman–Crippen MR) is 169 cm³/mol. The molecule has 0 aliphatic carbocycles. The Morgan fingerprint density at radius 2 is 1.60 bits per heavy atom. The van der Waals surface area contributed by atoms with Crippen LogP contribution < -0.4 is 14.4 Å². The smallest absolute Gasteiger partial charge is 0.264 e. The molecule has 3 aromatic rings. The summed E-state index contributed by atoms with van der Waals surface area (Å²) in [5.74, 6) is -0.205. The van der Waals surface area contributed by atoms with Crippen molar-refractivity contribution in [1.29, 1.82) is 0 Å². The first kappa shape index (κ1) is 33.0. The Morgan fingerprint density at radius 3 is 2.17 bits per heavy atom. The average Bonchev–Trinajstić information content (AvgIpc) is 2.99. The van der Waals surface area contributed by atoms with Gasteiger partial charge in [-0.15, -0.1) is 11.8 Å². The van der Waals surface area contributed by atoms with Crippen molar-refractivity contribution in [2.45, 2.75) is 69.5 Å². The fourth-order valence-corrected chi connectivity index (χ4v) is 6.12. The highest BCUT2D eigenvalue weighted by molar-refractivity contribution is 7.98. The van der Waals surface area contributed by atoms with Crippen molar-refractivity contribution in [2.24, 2.45) is 0 Å². The summed E-state index contributed by atoms with van der Waals surface area (Å²) in [5.41, 5.74) is 2.15. The average molecular weight is 612 g/mol. The molecule has 10 heteroatoms. The van der Waals surface area contributed by atoms with E-state index in [1.54, 1.807) is 55.5 Å². The minimum absolute atomic E-state index is 0.0648. The van der Waals surface area contributed by atoms with Gasteiger partial charge in [-0.25, -0.2) is 8.42 Å². The van der Waals surface area contributed by atoms with E-state index in [1.807, 2.05) is 58.2 Å². The Bertz CT molecular complexity index is 1440. The maximum atomic E-state index is 14.1. The van der Waals surface area contributed by atoms with Gasteiger partial charge in [0.05, 0.1) is 17.2 Å². The number of hydrogen-bond donors (Lipinski definition) is 1. The topological polar surface area (TPSA) is 96.0 Å². The molecular formula is C32H41N3O5S2. The molecular weight excluding hydrogens is 571 g/mol. The summed E-state index contributed by atoms with van der Waals surface area (Å²) in [7, 11) is -4.15. The molecule has 0 radical (unpaired) electrons. The lowest BCUT2D eigenvalue weighted by atomic mass is 10.1. The van der Waals surface area contributed by atoms with Gasteiger partial charge in [-0.1, -0.05) is 31.2 Å². The number of hydrogen-bond acceptors (Lipinski definition) is 6. The molecule has 0 aromatic heterocycles. The van der Waals surface area contributed by atoms with Gasteiger partial charge in [-0.2, -0.15) is 0 Å². The third-order valence-electron chi connectivity index (χ3n) is 7.13. The van der Waals surface area contributed by atoms with Crippen LogP contribution in [0, 0.1) is 6.92 Å². The minimum atomic E-state index is -4.15. The second kappa shape index (κ2) is 15.1. The zero-order valence-electron chi connectivity index (χ0n) is 25.2. The Balaban J connectivity index is 2.04. The molecule has 0 saturated carbocycles. The summed E-state index contributed by atoms with van der Waals surface area (Å²) >= 11 is 1.51. The van der Waals surface area contributed by atoms with E-state index in [-0.39, 0.29) is 23.4 Å². The van der Waals surface area contributed by atoms with Gasteiger partial charge < -0.3 is 15.0 Å². The molecule has 226 valence electrons. The molecule has 0 bridgehead atoms. The summed E-state index contributed by atoms with van der Waals surface area (Å²) < 4.78 is 34.7. The molecule has 0 unspecified atom stereocenters. The van der Waals surface area contributed by atoms with Crippen molar-refractivity contribution >= 4 is 39.3 Å². The van der Waals surface area contributed by atoms with Crippen molar-refractivity contribution < 1.29 is 22.7 Å². The molecule has 0 heterocycles. The molecule has 0 saturated heterocycles. The summed E-state index contributed by atoms with van der Waals surface area (Å²) in [6, 6.07) is 19.9. The molecule has 2 amide bonds. The number of thioether (sulfide) groups is 1. The Kier molecular flexibility index (Phi) is 11.9. The number of carbonyl (C=O) groups is 2. The van der Waals surface area contributed by atoms with E-state index in [4.69, 9.17) is 4.74 Å². The number of benzene rings is 3. The maximum absolute atomic E-state index is 14.1. The third-order valence-corrected chi connectivity index (χ3v) is 9.66. The number of rotatable bonds is 14. The number of ether oxygens (including phenoxy) is 1. The number of aryl methyl sites for hydroxylation is 1. The predicted octanol–water partition coefficient (Wildman–Crippen LogP) is 5.64. The highest BCUT2D eigenvalue weighted by Gasteiger charge is 2.33. The lowest BCUT2D eigenvalue weighted by Gasteiger charge is -2.32. The van der Waals surface area contributed by atoms with Gasteiger partial charge in [0.1, 0.15) is 18.3 Å². The number of anilines is 1. The first-order chi connectivity index (χ1) is 20.0. The summed E-state index contributed by atoms with van der Waals surface area (Å²) in [6.45, 7) is 9.47. The van der Waals surface area contributed by atoms with Crippen molar-refractivity contribution in [3.05, 3.63) is 83.9 Å².